The van der Waals surface area contributed by atoms with Crippen molar-refractivity contribution in [3.8, 4) is 5.75 Å². The van der Waals surface area contributed by atoms with Gasteiger partial charge in [-0.3, -0.25) is 9.59 Å². The minimum absolute atomic E-state index is 0.225. The Morgan fingerprint density at radius 2 is 1.85 bits per heavy atom. The van der Waals surface area contributed by atoms with Gasteiger partial charge in [0.25, 0.3) is 0 Å². The third-order valence-corrected chi connectivity index (χ3v) is 4.40. The third kappa shape index (κ3) is 6.75. The number of aliphatic carboxylic acids is 1. The Balaban J connectivity index is 1.86. The molecule has 3 N–H and O–H groups in total. The van der Waals surface area contributed by atoms with E-state index < -0.39 is 17.9 Å². The van der Waals surface area contributed by atoms with Crippen molar-refractivity contribution in [2.45, 2.75) is 18.9 Å². The molecule has 27 heavy (non-hydrogen) atoms. The van der Waals surface area contributed by atoms with Crippen LogP contribution in [0.1, 0.15) is 12.0 Å². The highest BCUT2D eigenvalue weighted by atomic mass is 35.5. The lowest BCUT2D eigenvalue weighted by Crippen LogP contribution is -2.40. The van der Waals surface area contributed by atoms with Crippen LogP contribution in [0.5, 0.6) is 5.75 Å². The monoisotopic (exact) mass is 410 g/mol. The molecule has 144 valence electrons. The highest BCUT2D eigenvalue weighted by molar-refractivity contribution is 6.36. The van der Waals surface area contributed by atoms with Crippen LogP contribution in [0.2, 0.25) is 10.0 Å². The first-order valence-electron chi connectivity index (χ1n) is 8.23. The summed E-state index contributed by atoms with van der Waals surface area (Å²) in [6.07, 6.45) is 0.398. The van der Waals surface area contributed by atoms with Crippen molar-refractivity contribution >= 4 is 40.8 Å². The molecule has 0 saturated heterocycles. The van der Waals surface area contributed by atoms with Crippen molar-refractivity contribution in [2.24, 2.45) is 0 Å². The Morgan fingerprint density at radius 3 is 2.44 bits per heavy atom. The first-order valence-corrected chi connectivity index (χ1v) is 8.98. The SMILES string of the molecule is COc1ccc(CCN[C@@H](CC(=O)Nc2ccc(Cl)cc2Cl)C(=O)O)cc1. The van der Waals surface area contributed by atoms with E-state index >= 15 is 0 Å². The third-order valence-electron chi connectivity index (χ3n) is 3.86. The zero-order valence-electron chi connectivity index (χ0n) is 14.7. The number of benzene rings is 2. The first-order chi connectivity index (χ1) is 12.9. The molecule has 0 aliphatic rings. The minimum atomic E-state index is -1.10. The standard InChI is InChI=1S/C19H20Cl2N2O4/c1-27-14-5-2-12(3-6-14)8-9-22-17(19(25)26)11-18(24)23-16-7-4-13(20)10-15(16)21/h2-7,10,17,22H,8-9,11H2,1H3,(H,23,24)(H,25,26)/t17-/m0/s1. The molecule has 1 atom stereocenters. The van der Waals surface area contributed by atoms with Crippen LogP contribution in [0.3, 0.4) is 0 Å². The van der Waals surface area contributed by atoms with E-state index in [2.05, 4.69) is 10.6 Å². The topological polar surface area (TPSA) is 87.7 Å². The van der Waals surface area contributed by atoms with Crippen LogP contribution in [0.25, 0.3) is 0 Å². The van der Waals surface area contributed by atoms with Crippen LogP contribution >= 0.6 is 23.2 Å². The van der Waals surface area contributed by atoms with Crippen molar-refractivity contribution < 1.29 is 19.4 Å². The predicted octanol–water partition coefficient (Wildman–Crippen LogP) is 3.62. The summed E-state index contributed by atoms with van der Waals surface area (Å²) in [5.74, 6) is -0.793. The number of carbonyl (C=O) groups excluding carboxylic acids is 1. The quantitative estimate of drug-likeness (QED) is 0.587. The molecule has 0 aromatic heterocycles. The Kier molecular flexibility index (Phi) is 7.91. The summed E-state index contributed by atoms with van der Waals surface area (Å²) >= 11 is 11.8. The molecule has 0 saturated carbocycles. The molecule has 2 rings (SSSR count). The molecule has 0 fully saturated rings. The molecular weight excluding hydrogens is 391 g/mol. The number of halogens is 2. The molecule has 1 amide bonds. The first kappa shape index (κ1) is 21.0. The maximum Gasteiger partial charge on any atom is 0.321 e. The number of anilines is 1. The summed E-state index contributed by atoms with van der Waals surface area (Å²) < 4.78 is 5.10. The molecule has 2 aromatic rings. The number of amides is 1. The Hall–Kier alpha value is -2.28. The van der Waals surface area contributed by atoms with E-state index in [4.69, 9.17) is 27.9 Å². The van der Waals surface area contributed by atoms with Gasteiger partial charge in [0.1, 0.15) is 11.8 Å². The van der Waals surface area contributed by atoms with E-state index in [1.807, 2.05) is 24.3 Å². The Bertz CT molecular complexity index is 797. The lowest BCUT2D eigenvalue weighted by Gasteiger charge is -2.15. The summed E-state index contributed by atoms with van der Waals surface area (Å²) in [6, 6.07) is 11.1. The summed E-state index contributed by atoms with van der Waals surface area (Å²) in [7, 11) is 1.59. The lowest BCUT2D eigenvalue weighted by atomic mass is 10.1. The molecule has 0 heterocycles. The number of nitrogens with one attached hydrogen (secondary N) is 2. The van der Waals surface area contributed by atoms with Crippen molar-refractivity contribution in [2.75, 3.05) is 19.0 Å². The largest absolute Gasteiger partial charge is 0.497 e. The smallest absolute Gasteiger partial charge is 0.321 e. The van der Waals surface area contributed by atoms with Crippen molar-refractivity contribution in [3.05, 3.63) is 58.1 Å². The van der Waals surface area contributed by atoms with E-state index in [1.165, 1.54) is 6.07 Å². The van der Waals surface area contributed by atoms with Gasteiger partial charge in [-0.1, -0.05) is 35.3 Å². The summed E-state index contributed by atoms with van der Waals surface area (Å²) in [4.78, 5) is 23.6. The summed E-state index contributed by atoms with van der Waals surface area (Å²) in [5.41, 5.74) is 1.42. The lowest BCUT2D eigenvalue weighted by molar-refractivity contribution is -0.141. The number of hydrogen-bond acceptors (Lipinski definition) is 4. The molecule has 0 spiro atoms. The van der Waals surface area contributed by atoms with Gasteiger partial charge in [-0.15, -0.1) is 0 Å². The van der Waals surface area contributed by atoms with Crippen molar-refractivity contribution in [1.29, 1.82) is 0 Å². The average molecular weight is 411 g/mol. The molecule has 6 nitrogen and oxygen atoms in total. The van der Waals surface area contributed by atoms with Crippen LogP contribution in [0.15, 0.2) is 42.5 Å². The fourth-order valence-corrected chi connectivity index (χ4v) is 2.86. The zero-order chi connectivity index (χ0) is 19.8. The number of ether oxygens (including phenoxy) is 1. The molecule has 0 aliphatic heterocycles. The number of carboxylic acid groups (broad SMARTS) is 1. The number of hydrogen-bond donors (Lipinski definition) is 3. The van der Waals surface area contributed by atoms with Crippen molar-refractivity contribution in [1.82, 2.24) is 5.32 Å². The zero-order valence-corrected chi connectivity index (χ0v) is 16.2. The van der Waals surface area contributed by atoms with Gasteiger partial charge in [0.15, 0.2) is 0 Å². The molecule has 0 radical (unpaired) electrons. The van der Waals surface area contributed by atoms with Gasteiger partial charge in [-0.2, -0.15) is 0 Å². The van der Waals surface area contributed by atoms with Crippen LogP contribution in [0, 0.1) is 0 Å². The van der Waals surface area contributed by atoms with Crippen LogP contribution in [-0.2, 0) is 16.0 Å². The summed E-state index contributed by atoms with van der Waals surface area (Å²) in [6.45, 7) is 0.415. The van der Waals surface area contributed by atoms with Gasteiger partial charge in [0, 0.05) is 5.02 Å². The van der Waals surface area contributed by atoms with Crippen LogP contribution in [-0.4, -0.2) is 36.7 Å². The molecule has 2 aromatic carbocycles. The number of rotatable bonds is 9. The number of carbonyl (C=O) groups is 2. The maximum absolute atomic E-state index is 12.1. The molecule has 0 aliphatic carbocycles. The van der Waals surface area contributed by atoms with E-state index in [-0.39, 0.29) is 11.4 Å². The van der Waals surface area contributed by atoms with E-state index in [1.54, 1.807) is 19.2 Å². The second-order valence-corrected chi connectivity index (χ2v) is 6.66. The van der Waals surface area contributed by atoms with Crippen LogP contribution < -0.4 is 15.4 Å². The molecular formula is C19H20Cl2N2O4. The minimum Gasteiger partial charge on any atom is -0.497 e. The Labute approximate surface area is 167 Å². The van der Waals surface area contributed by atoms with Gasteiger partial charge in [-0.25, -0.2) is 0 Å². The number of methoxy groups -OCH3 is 1. The highest BCUT2D eigenvalue weighted by Crippen LogP contribution is 2.25. The summed E-state index contributed by atoms with van der Waals surface area (Å²) in [5, 5.41) is 15.6. The second kappa shape index (κ2) is 10.2. The van der Waals surface area contributed by atoms with E-state index in [9.17, 15) is 14.7 Å². The van der Waals surface area contributed by atoms with Gasteiger partial charge < -0.3 is 20.5 Å². The maximum atomic E-state index is 12.1. The van der Waals surface area contributed by atoms with Crippen molar-refractivity contribution in [3.63, 3.8) is 0 Å². The van der Waals surface area contributed by atoms with Gasteiger partial charge >= 0.3 is 5.97 Å². The number of carboxylic acids is 1. The van der Waals surface area contributed by atoms with Gasteiger partial charge in [0.05, 0.1) is 24.2 Å². The average Bonchev–Trinajstić information content (AvgIpc) is 2.63. The van der Waals surface area contributed by atoms with Gasteiger partial charge in [-0.05, 0) is 48.9 Å². The fourth-order valence-electron chi connectivity index (χ4n) is 2.41. The second-order valence-electron chi connectivity index (χ2n) is 5.82. The predicted molar refractivity (Wildman–Crippen MR) is 106 cm³/mol. The van der Waals surface area contributed by atoms with Gasteiger partial charge in [0.2, 0.25) is 5.91 Å². The molecule has 0 bridgehead atoms. The molecule has 8 heteroatoms. The molecule has 0 unspecified atom stereocenters. The Morgan fingerprint density at radius 1 is 1.15 bits per heavy atom. The highest BCUT2D eigenvalue weighted by Gasteiger charge is 2.21. The fraction of sp³-hybridized carbons (Fsp3) is 0.263. The normalized spacial score (nSPS) is 11.7. The van der Waals surface area contributed by atoms with E-state index in [0.717, 1.165) is 11.3 Å². The van der Waals surface area contributed by atoms with E-state index in [0.29, 0.717) is 23.7 Å². The van der Waals surface area contributed by atoms with Crippen LogP contribution in [0.4, 0.5) is 5.69 Å².